The minimum Gasteiger partial charge on any atom is -0.490 e. The van der Waals surface area contributed by atoms with E-state index in [1.165, 1.54) is 0 Å². The van der Waals surface area contributed by atoms with Gasteiger partial charge in [0.05, 0.1) is 12.2 Å². The first kappa shape index (κ1) is 17.7. The van der Waals surface area contributed by atoms with E-state index in [-0.39, 0.29) is 18.5 Å². The molecule has 0 fully saturated rings. The maximum atomic E-state index is 11.7. The smallest absolute Gasteiger partial charge is 0.239 e. The molecule has 0 saturated heterocycles. The number of anilines is 1. The van der Waals surface area contributed by atoms with Crippen LogP contribution in [0, 0.1) is 0 Å². The summed E-state index contributed by atoms with van der Waals surface area (Å²) in [5.41, 5.74) is 0.788. The Morgan fingerprint density at radius 1 is 0.958 bits per heavy atom. The van der Waals surface area contributed by atoms with E-state index in [9.17, 15) is 4.79 Å². The van der Waals surface area contributed by atoms with Gasteiger partial charge in [0.1, 0.15) is 24.7 Å². The summed E-state index contributed by atoms with van der Waals surface area (Å²) < 4.78 is 11.4. The Labute approximate surface area is 143 Å². The summed E-state index contributed by atoms with van der Waals surface area (Å²) in [6, 6.07) is 17.3. The van der Waals surface area contributed by atoms with Gasteiger partial charge < -0.3 is 20.1 Å². The van der Waals surface area contributed by atoms with Gasteiger partial charge in [-0.15, -0.1) is 0 Å². The van der Waals surface area contributed by atoms with Crippen LogP contribution in [0.4, 0.5) is 5.69 Å². The van der Waals surface area contributed by atoms with E-state index in [0.29, 0.717) is 19.0 Å². The van der Waals surface area contributed by atoms with Gasteiger partial charge in [0.2, 0.25) is 5.91 Å². The topological polar surface area (TPSA) is 59.6 Å². The van der Waals surface area contributed by atoms with Crippen LogP contribution in [0.25, 0.3) is 0 Å². The first-order chi connectivity index (χ1) is 11.6. The minimum atomic E-state index is -0.0489. The highest BCUT2D eigenvalue weighted by atomic mass is 16.5. The normalized spacial score (nSPS) is 10.3. The van der Waals surface area contributed by atoms with Crippen molar-refractivity contribution < 1.29 is 14.3 Å². The van der Waals surface area contributed by atoms with Gasteiger partial charge in [0.25, 0.3) is 0 Å². The van der Waals surface area contributed by atoms with Crippen LogP contribution in [0.2, 0.25) is 0 Å². The number of carbonyl (C=O) groups is 1. The molecule has 0 aliphatic heterocycles. The van der Waals surface area contributed by atoms with Gasteiger partial charge in [-0.1, -0.05) is 30.3 Å². The van der Waals surface area contributed by atoms with E-state index in [1.54, 1.807) is 0 Å². The number of rotatable bonds is 9. The van der Waals surface area contributed by atoms with E-state index in [0.717, 1.165) is 11.4 Å². The molecule has 0 aliphatic rings. The molecule has 24 heavy (non-hydrogen) atoms. The van der Waals surface area contributed by atoms with E-state index < -0.39 is 0 Å². The van der Waals surface area contributed by atoms with Crippen molar-refractivity contribution >= 4 is 11.6 Å². The van der Waals surface area contributed by atoms with Crippen LogP contribution in [-0.4, -0.2) is 31.7 Å². The highest BCUT2D eigenvalue weighted by Crippen LogP contribution is 2.23. The van der Waals surface area contributed by atoms with Gasteiger partial charge in [-0.25, -0.2) is 0 Å². The Kier molecular flexibility index (Phi) is 6.95. The van der Waals surface area contributed by atoms with Crippen molar-refractivity contribution in [2.24, 2.45) is 0 Å². The lowest BCUT2D eigenvalue weighted by Gasteiger charge is -2.14. The molecular formula is C19H24N2O3. The van der Waals surface area contributed by atoms with Crippen molar-refractivity contribution in [2.75, 3.05) is 25.1 Å². The zero-order chi connectivity index (χ0) is 17.2. The monoisotopic (exact) mass is 328 g/mol. The predicted molar refractivity (Wildman–Crippen MR) is 95.6 cm³/mol. The van der Waals surface area contributed by atoms with Crippen molar-refractivity contribution in [3.05, 3.63) is 54.6 Å². The molecule has 2 rings (SSSR count). The van der Waals surface area contributed by atoms with E-state index in [4.69, 9.17) is 9.47 Å². The molecule has 2 aromatic carbocycles. The van der Waals surface area contributed by atoms with Crippen LogP contribution in [0.3, 0.4) is 0 Å². The molecule has 0 aromatic heterocycles. The van der Waals surface area contributed by atoms with E-state index in [1.807, 2.05) is 68.4 Å². The number of ether oxygens (including phenoxy) is 2. The maximum Gasteiger partial charge on any atom is 0.239 e. The Bertz CT molecular complexity index is 630. The Morgan fingerprint density at radius 3 is 2.38 bits per heavy atom. The Balaban J connectivity index is 1.79. The molecule has 0 heterocycles. The molecule has 0 spiro atoms. The molecule has 2 N–H and O–H groups in total. The summed E-state index contributed by atoms with van der Waals surface area (Å²) in [7, 11) is 0. The minimum absolute atomic E-state index is 0.0489. The molecule has 0 radical (unpaired) electrons. The predicted octanol–water partition coefficient (Wildman–Crippen LogP) is 3.08. The van der Waals surface area contributed by atoms with Gasteiger partial charge in [-0.3, -0.25) is 4.79 Å². The van der Waals surface area contributed by atoms with Crippen molar-refractivity contribution in [3.8, 4) is 11.5 Å². The third kappa shape index (κ3) is 6.20. The standard InChI is InChI=1S/C19H24N2O3/c1-15(2)21-19(22)14-20-17-10-6-7-11-18(17)24-13-12-23-16-8-4-3-5-9-16/h3-11,15,20H,12-14H2,1-2H3,(H,21,22). The highest BCUT2D eigenvalue weighted by Gasteiger charge is 2.06. The number of hydrogen-bond acceptors (Lipinski definition) is 4. The van der Waals surface area contributed by atoms with Crippen LogP contribution in [0.1, 0.15) is 13.8 Å². The van der Waals surface area contributed by atoms with E-state index >= 15 is 0 Å². The fourth-order valence-electron chi connectivity index (χ4n) is 2.11. The molecule has 2 aromatic rings. The quantitative estimate of drug-likeness (QED) is 0.695. The average Bonchev–Trinajstić information content (AvgIpc) is 2.58. The van der Waals surface area contributed by atoms with Crippen LogP contribution in [-0.2, 0) is 4.79 Å². The molecule has 0 unspecified atom stereocenters. The molecule has 5 nitrogen and oxygen atoms in total. The molecule has 0 bridgehead atoms. The molecule has 0 aliphatic carbocycles. The number of carbonyl (C=O) groups excluding carboxylic acids is 1. The summed E-state index contributed by atoms with van der Waals surface area (Å²) in [5.74, 6) is 1.47. The van der Waals surface area contributed by atoms with Gasteiger partial charge >= 0.3 is 0 Å². The van der Waals surface area contributed by atoms with Crippen LogP contribution < -0.4 is 20.1 Å². The van der Waals surface area contributed by atoms with Crippen molar-refractivity contribution in [1.82, 2.24) is 5.32 Å². The van der Waals surface area contributed by atoms with Crippen LogP contribution in [0.5, 0.6) is 11.5 Å². The van der Waals surface area contributed by atoms with Gasteiger partial charge in [0.15, 0.2) is 0 Å². The van der Waals surface area contributed by atoms with Crippen molar-refractivity contribution in [1.29, 1.82) is 0 Å². The molecular weight excluding hydrogens is 304 g/mol. The number of amides is 1. The lowest BCUT2D eigenvalue weighted by Crippen LogP contribution is -2.34. The largest absolute Gasteiger partial charge is 0.490 e. The zero-order valence-electron chi connectivity index (χ0n) is 14.1. The second-order valence-electron chi connectivity index (χ2n) is 5.58. The fourth-order valence-corrected chi connectivity index (χ4v) is 2.11. The molecule has 5 heteroatoms. The maximum absolute atomic E-state index is 11.7. The van der Waals surface area contributed by atoms with Gasteiger partial charge in [0, 0.05) is 6.04 Å². The summed E-state index contributed by atoms with van der Waals surface area (Å²) in [6.07, 6.45) is 0. The number of nitrogens with one attached hydrogen (secondary N) is 2. The van der Waals surface area contributed by atoms with Crippen molar-refractivity contribution in [2.45, 2.75) is 19.9 Å². The second kappa shape index (κ2) is 9.45. The molecule has 0 atom stereocenters. The number of benzene rings is 2. The van der Waals surface area contributed by atoms with Gasteiger partial charge in [-0.2, -0.15) is 0 Å². The Hall–Kier alpha value is -2.69. The number of para-hydroxylation sites is 3. The average molecular weight is 328 g/mol. The Morgan fingerprint density at radius 2 is 1.62 bits per heavy atom. The summed E-state index contributed by atoms with van der Waals surface area (Å²) in [6.45, 7) is 4.94. The number of hydrogen-bond donors (Lipinski definition) is 2. The first-order valence-electron chi connectivity index (χ1n) is 8.08. The third-order valence-electron chi connectivity index (χ3n) is 3.13. The molecule has 128 valence electrons. The van der Waals surface area contributed by atoms with E-state index in [2.05, 4.69) is 10.6 Å². The summed E-state index contributed by atoms with van der Waals surface area (Å²) in [5, 5.41) is 5.94. The fraction of sp³-hybridized carbons (Fsp3) is 0.316. The summed E-state index contributed by atoms with van der Waals surface area (Å²) >= 11 is 0. The lowest BCUT2D eigenvalue weighted by atomic mass is 10.3. The third-order valence-corrected chi connectivity index (χ3v) is 3.13. The van der Waals surface area contributed by atoms with Gasteiger partial charge in [-0.05, 0) is 38.1 Å². The van der Waals surface area contributed by atoms with Crippen molar-refractivity contribution in [3.63, 3.8) is 0 Å². The summed E-state index contributed by atoms with van der Waals surface area (Å²) in [4.78, 5) is 11.7. The second-order valence-corrected chi connectivity index (χ2v) is 5.58. The first-order valence-corrected chi connectivity index (χ1v) is 8.08. The molecule has 0 saturated carbocycles. The highest BCUT2D eigenvalue weighted by molar-refractivity contribution is 5.81. The van der Waals surface area contributed by atoms with Crippen LogP contribution in [0.15, 0.2) is 54.6 Å². The molecule has 1 amide bonds. The van der Waals surface area contributed by atoms with Crippen LogP contribution >= 0.6 is 0 Å². The lowest BCUT2D eigenvalue weighted by molar-refractivity contribution is -0.119. The zero-order valence-corrected chi connectivity index (χ0v) is 14.1. The SMILES string of the molecule is CC(C)NC(=O)CNc1ccccc1OCCOc1ccccc1.